The van der Waals surface area contributed by atoms with E-state index in [1.54, 1.807) is 20.0 Å². The summed E-state index contributed by atoms with van der Waals surface area (Å²) in [5.41, 5.74) is 6.74. The molecule has 1 aliphatic rings. The lowest BCUT2D eigenvalue weighted by Gasteiger charge is -2.24. The van der Waals surface area contributed by atoms with Crippen LogP contribution in [-0.2, 0) is 10.0 Å². The molecule has 1 aromatic carbocycles. The Morgan fingerprint density at radius 2 is 1.89 bits per heavy atom. The quantitative estimate of drug-likeness (QED) is 0.873. The van der Waals surface area contributed by atoms with Crippen LogP contribution in [-0.4, -0.2) is 25.8 Å². The van der Waals surface area contributed by atoms with E-state index in [2.05, 4.69) is 0 Å². The van der Waals surface area contributed by atoms with Crippen LogP contribution in [0.2, 0.25) is 5.02 Å². The second kappa shape index (κ2) is 5.31. The molecular formula is C13H19ClN2O2S. The molecule has 0 aromatic heterocycles. The minimum atomic E-state index is -3.49. The number of halogens is 1. The third kappa shape index (κ3) is 2.73. The van der Waals surface area contributed by atoms with E-state index in [-0.39, 0.29) is 10.9 Å². The lowest BCUT2D eigenvalue weighted by molar-refractivity contribution is 0.373. The maximum Gasteiger partial charge on any atom is 0.243 e. The molecule has 0 saturated heterocycles. The van der Waals surface area contributed by atoms with Gasteiger partial charge in [-0.2, -0.15) is 4.31 Å². The molecule has 4 nitrogen and oxygen atoms in total. The van der Waals surface area contributed by atoms with E-state index in [4.69, 9.17) is 17.3 Å². The van der Waals surface area contributed by atoms with Crippen LogP contribution < -0.4 is 5.73 Å². The molecule has 0 radical (unpaired) electrons. The van der Waals surface area contributed by atoms with Crippen LogP contribution in [0.4, 0.5) is 5.69 Å². The molecule has 2 N–H and O–H groups in total. The molecule has 1 aromatic rings. The van der Waals surface area contributed by atoms with Crippen LogP contribution in [0.15, 0.2) is 17.0 Å². The predicted molar refractivity (Wildman–Crippen MR) is 77.8 cm³/mol. The number of rotatable bonds is 3. The highest BCUT2D eigenvalue weighted by Crippen LogP contribution is 2.31. The Bertz CT molecular complexity index is 557. The molecule has 0 unspecified atom stereocenters. The van der Waals surface area contributed by atoms with Gasteiger partial charge in [-0.15, -0.1) is 0 Å². The van der Waals surface area contributed by atoms with E-state index in [1.807, 2.05) is 0 Å². The van der Waals surface area contributed by atoms with Crippen molar-refractivity contribution in [2.45, 2.75) is 43.5 Å². The van der Waals surface area contributed by atoms with E-state index in [1.165, 1.54) is 10.4 Å². The number of hydrogen-bond donors (Lipinski definition) is 1. The van der Waals surface area contributed by atoms with E-state index in [0.717, 1.165) is 25.7 Å². The van der Waals surface area contributed by atoms with E-state index in [0.29, 0.717) is 16.3 Å². The van der Waals surface area contributed by atoms with Crippen molar-refractivity contribution in [3.63, 3.8) is 0 Å². The molecule has 2 rings (SSSR count). The van der Waals surface area contributed by atoms with Gasteiger partial charge in [0.15, 0.2) is 0 Å². The van der Waals surface area contributed by atoms with Gasteiger partial charge >= 0.3 is 0 Å². The number of nitrogens with zero attached hydrogens (tertiary/aromatic N) is 1. The molecule has 1 aliphatic carbocycles. The smallest absolute Gasteiger partial charge is 0.243 e. The zero-order valence-electron chi connectivity index (χ0n) is 11.2. The first-order valence-electron chi connectivity index (χ1n) is 6.37. The first-order chi connectivity index (χ1) is 8.84. The lowest BCUT2D eigenvalue weighted by atomic mass is 10.2. The monoisotopic (exact) mass is 302 g/mol. The van der Waals surface area contributed by atoms with Gasteiger partial charge in [-0.3, -0.25) is 0 Å². The Kier molecular flexibility index (Phi) is 4.08. The van der Waals surface area contributed by atoms with Crippen molar-refractivity contribution in [2.75, 3.05) is 12.8 Å². The Balaban J connectivity index is 2.39. The normalized spacial score (nSPS) is 17.3. The molecule has 1 fully saturated rings. The summed E-state index contributed by atoms with van der Waals surface area (Å²) in [7, 11) is -1.85. The second-order valence-corrected chi connectivity index (χ2v) is 7.48. The molecule has 0 spiro atoms. The minimum absolute atomic E-state index is 0.0993. The first-order valence-corrected chi connectivity index (χ1v) is 8.19. The van der Waals surface area contributed by atoms with Crippen molar-refractivity contribution in [2.24, 2.45) is 0 Å². The lowest BCUT2D eigenvalue weighted by Crippen LogP contribution is -2.35. The van der Waals surface area contributed by atoms with Gasteiger partial charge in [0.2, 0.25) is 10.0 Å². The first kappa shape index (κ1) is 14.6. The van der Waals surface area contributed by atoms with Crippen molar-refractivity contribution in [1.29, 1.82) is 0 Å². The zero-order valence-corrected chi connectivity index (χ0v) is 12.8. The molecule has 0 aliphatic heterocycles. The van der Waals surface area contributed by atoms with Crippen molar-refractivity contribution in [3.05, 3.63) is 22.7 Å². The third-order valence-electron chi connectivity index (χ3n) is 3.77. The van der Waals surface area contributed by atoms with Crippen molar-refractivity contribution >= 4 is 27.3 Å². The summed E-state index contributed by atoms with van der Waals surface area (Å²) in [6, 6.07) is 3.12. The number of nitrogen functional groups attached to an aromatic ring is 1. The van der Waals surface area contributed by atoms with Gasteiger partial charge in [-0.1, -0.05) is 24.4 Å². The molecule has 0 heterocycles. The number of nitrogens with two attached hydrogens (primary N) is 1. The summed E-state index contributed by atoms with van der Waals surface area (Å²) in [5, 5.41) is 0.419. The van der Waals surface area contributed by atoms with Crippen molar-refractivity contribution in [3.8, 4) is 0 Å². The predicted octanol–water partition coefficient (Wildman–Crippen LogP) is 2.79. The average Bonchev–Trinajstić information content (AvgIpc) is 2.87. The zero-order chi connectivity index (χ0) is 14.2. The van der Waals surface area contributed by atoms with Crippen molar-refractivity contribution < 1.29 is 8.42 Å². The van der Waals surface area contributed by atoms with Gasteiger partial charge in [0.1, 0.15) is 0 Å². The fraction of sp³-hybridized carbons (Fsp3) is 0.538. The highest BCUT2D eigenvalue weighted by Gasteiger charge is 2.30. The highest BCUT2D eigenvalue weighted by molar-refractivity contribution is 7.89. The Morgan fingerprint density at radius 3 is 2.42 bits per heavy atom. The highest BCUT2D eigenvalue weighted by atomic mass is 35.5. The van der Waals surface area contributed by atoms with E-state index in [9.17, 15) is 8.42 Å². The fourth-order valence-corrected chi connectivity index (χ4v) is 4.19. The largest absolute Gasteiger partial charge is 0.397 e. The number of benzene rings is 1. The van der Waals surface area contributed by atoms with Gasteiger partial charge in [-0.25, -0.2) is 8.42 Å². The molecule has 1 saturated carbocycles. The van der Waals surface area contributed by atoms with Gasteiger partial charge in [0, 0.05) is 13.1 Å². The Labute approximate surface area is 119 Å². The summed E-state index contributed by atoms with van der Waals surface area (Å²) < 4.78 is 26.6. The number of anilines is 1. The van der Waals surface area contributed by atoms with Crippen LogP contribution in [0.5, 0.6) is 0 Å². The SMILES string of the molecule is Cc1cc(S(=O)(=O)N(C)C2CCCC2)cc(N)c1Cl. The van der Waals surface area contributed by atoms with Crippen LogP contribution in [0.1, 0.15) is 31.2 Å². The molecule has 0 amide bonds. The maximum absolute atomic E-state index is 12.6. The molecule has 106 valence electrons. The molecule has 6 heteroatoms. The molecule has 0 atom stereocenters. The van der Waals surface area contributed by atoms with Crippen LogP contribution in [0.3, 0.4) is 0 Å². The maximum atomic E-state index is 12.6. The summed E-state index contributed by atoms with van der Waals surface area (Å²) in [5.74, 6) is 0. The van der Waals surface area contributed by atoms with Gasteiger partial charge in [-0.05, 0) is 37.5 Å². The summed E-state index contributed by atoms with van der Waals surface area (Å²) >= 11 is 5.97. The van der Waals surface area contributed by atoms with Gasteiger partial charge < -0.3 is 5.73 Å². The summed E-state index contributed by atoms with van der Waals surface area (Å²) in [6.07, 6.45) is 4.04. The Morgan fingerprint density at radius 1 is 1.32 bits per heavy atom. The summed E-state index contributed by atoms with van der Waals surface area (Å²) in [4.78, 5) is 0.223. The van der Waals surface area contributed by atoms with E-state index >= 15 is 0 Å². The molecular weight excluding hydrogens is 284 g/mol. The fourth-order valence-electron chi connectivity index (χ4n) is 2.54. The Hall–Kier alpha value is -0.780. The molecule has 19 heavy (non-hydrogen) atoms. The van der Waals surface area contributed by atoms with Crippen LogP contribution >= 0.6 is 11.6 Å². The number of hydrogen-bond acceptors (Lipinski definition) is 3. The second-order valence-electron chi connectivity index (χ2n) is 5.10. The van der Waals surface area contributed by atoms with E-state index < -0.39 is 10.0 Å². The van der Waals surface area contributed by atoms with Crippen LogP contribution in [0.25, 0.3) is 0 Å². The number of sulfonamides is 1. The van der Waals surface area contributed by atoms with Crippen LogP contribution in [0, 0.1) is 6.92 Å². The minimum Gasteiger partial charge on any atom is -0.397 e. The standard InChI is InChI=1S/C13H19ClN2O2S/c1-9-7-11(8-12(15)13(9)14)19(17,18)16(2)10-5-3-4-6-10/h7-8,10H,3-6,15H2,1-2H3. The van der Waals surface area contributed by atoms with Gasteiger partial charge in [0.05, 0.1) is 15.6 Å². The molecule has 0 bridgehead atoms. The summed E-state index contributed by atoms with van der Waals surface area (Å²) in [6.45, 7) is 1.76. The average molecular weight is 303 g/mol. The topological polar surface area (TPSA) is 63.4 Å². The number of aryl methyl sites for hydroxylation is 1. The van der Waals surface area contributed by atoms with Crippen molar-refractivity contribution in [1.82, 2.24) is 4.31 Å². The van der Waals surface area contributed by atoms with Gasteiger partial charge in [0.25, 0.3) is 0 Å². The third-order valence-corrected chi connectivity index (χ3v) is 6.18.